The van der Waals surface area contributed by atoms with Crippen LogP contribution in [0, 0.1) is 11.3 Å². The third kappa shape index (κ3) is 2.92. The number of allylic oxidation sites excluding steroid dienone is 1. The Kier molecular flexibility index (Phi) is 3.49. The van der Waals surface area contributed by atoms with E-state index >= 15 is 0 Å². The molecule has 0 saturated heterocycles. The number of aromatic nitrogens is 4. The molecule has 1 heterocycles. The molecule has 1 aromatic carbocycles. The van der Waals surface area contributed by atoms with Gasteiger partial charge in [-0.05, 0) is 23.4 Å². The summed E-state index contributed by atoms with van der Waals surface area (Å²) in [5.74, 6) is -0.865. The zero-order valence-corrected chi connectivity index (χ0v) is 9.53. The van der Waals surface area contributed by atoms with Crippen LogP contribution in [0.1, 0.15) is 16.2 Å². The number of nitrogens with zero attached hydrogens (tertiary/aromatic N) is 4. The second kappa shape index (κ2) is 5.42. The smallest absolute Gasteiger partial charge is 0.335 e. The van der Waals surface area contributed by atoms with Crippen LogP contribution in [0.2, 0.25) is 0 Å². The Morgan fingerprint density at radius 3 is 3.00 bits per heavy atom. The van der Waals surface area contributed by atoms with E-state index in [0.717, 1.165) is 0 Å². The number of aromatic amines is 1. The third-order valence-electron chi connectivity index (χ3n) is 2.20. The quantitative estimate of drug-likeness (QED) is 0.692. The highest BCUT2D eigenvalue weighted by Crippen LogP contribution is 2.12. The van der Waals surface area contributed by atoms with Gasteiger partial charge in [-0.15, -0.1) is 10.2 Å². The number of benzene rings is 1. The predicted molar refractivity (Wildman–Crippen MR) is 64.8 cm³/mol. The molecular formula is C11H8N6O2. The van der Waals surface area contributed by atoms with Gasteiger partial charge in [0.15, 0.2) is 0 Å². The van der Waals surface area contributed by atoms with Crippen molar-refractivity contribution in [3.05, 3.63) is 41.9 Å². The Bertz CT molecular complexity index is 656. The summed E-state index contributed by atoms with van der Waals surface area (Å²) in [6, 6.07) is 8.10. The maximum Gasteiger partial charge on any atom is 0.335 e. The van der Waals surface area contributed by atoms with Gasteiger partial charge in [-0.25, -0.2) is 4.79 Å². The molecule has 0 bridgehead atoms. The van der Waals surface area contributed by atoms with Crippen LogP contribution >= 0.6 is 0 Å². The number of nitrogens with one attached hydrogen (secondary N) is 2. The number of tetrazole rings is 1. The van der Waals surface area contributed by atoms with Crippen molar-refractivity contribution in [3.63, 3.8) is 0 Å². The van der Waals surface area contributed by atoms with E-state index in [1.165, 1.54) is 18.3 Å². The zero-order chi connectivity index (χ0) is 13.7. The number of aromatic carboxylic acids is 1. The van der Waals surface area contributed by atoms with Gasteiger partial charge in [0.25, 0.3) is 0 Å². The molecule has 0 aliphatic heterocycles. The van der Waals surface area contributed by atoms with Crippen LogP contribution in [-0.4, -0.2) is 31.7 Å². The lowest BCUT2D eigenvalue weighted by Gasteiger charge is -2.02. The van der Waals surface area contributed by atoms with Crippen molar-refractivity contribution < 1.29 is 9.90 Å². The van der Waals surface area contributed by atoms with Gasteiger partial charge in [0.05, 0.1) is 5.56 Å². The van der Waals surface area contributed by atoms with E-state index in [2.05, 4.69) is 25.9 Å². The summed E-state index contributed by atoms with van der Waals surface area (Å²) in [6.45, 7) is 0. The number of anilines is 1. The highest BCUT2D eigenvalue weighted by Gasteiger charge is 2.06. The Morgan fingerprint density at radius 2 is 2.37 bits per heavy atom. The predicted octanol–water partition coefficient (Wildman–Crippen LogP) is 0.874. The summed E-state index contributed by atoms with van der Waals surface area (Å²) < 4.78 is 0. The average molecular weight is 256 g/mol. The van der Waals surface area contributed by atoms with Crippen LogP contribution in [-0.2, 0) is 0 Å². The molecule has 0 aliphatic rings. The van der Waals surface area contributed by atoms with Gasteiger partial charge < -0.3 is 10.4 Å². The van der Waals surface area contributed by atoms with Crippen molar-refractivity contribution in [2.45, 2.75) is 0 Å². The number of H-pyrrole nitrogens is 1. The fourth-order valence-electron chi connectivity index (χ4n) is 1.32. The van der Waals surface area contributed by atoms with Gasteiger partial charge in [0, 0.05) is 11.9 Å². The van der Waals surface area contributed by atoms with Crippen molar-refractivity contribution >= 4 is 17.2 Å². The van der Waals surface area contributed by atoms with Crippen molar-refractivity contribution in [3.8, 4) is 6.07 Å². The molecule has 1 aromatic heterocycles. The largest absolute Gasteiger partial charge is 0.478 e. The summed E-state index contributed by atoms with van der Waals surface area (Å²) in [5.41, 5.74) is 0.863. The molecule has 8 heteroatoms. The number of carboxylic acid groups (broad SMARTS) is 1. The number of rotatable bonds is 4. The molecular weight excluding hydrogens is 248 g/mol. The normalized spacial score (nSPS) is 10.8. The second-order valence-electron chi connectivity index (χ2n) is 3.44. The highest BCUT2D eigenvalue weighted by molar-refractivity contribution is 5.89. The Hall–Kier alpha value is -3.21. The first-order valence-electron chi connectivity index (χ1n) is 5.14. The van der Waals surface area contributed by atoms with Crippen LogP contribution < -0.4 is 5.32 Å². The fraction of sp³-hybridized carbons (Fsp3) is 0. The number of nitriles is 1. The molecule has 19 heavy (non-hydrogen) atoms. The second-order valence-corrected chi connectivity index (χ2v) is 3.44. The summed E-state index contributed by atoms with van der Waals surface area (Å²) >= 11 is 0. The van der Waals surface area contributed by atoms with Crippen LogP contribution in [0.25, 0.3) is 5.57 Å². The maximum absolute atomic E-state index is 10.8. The van der Waals surface area contributed by atoms with Crippen molar-refractivity contribution in [1.29, 1.82) is 5.26 Å². The molecule has 8 nitrogen and oxygen atoms in total. The van der Waals surface area contributed by atoms with Gasteiger partial charge in [0.2, 0.25) is 5.82 Å². The molecule has 0 aliphatic carbocycles. The molecule has 0 amide bonds. The van der Waals surface area contributed by atoms with Crippen LogP contribution in [0.15, 0.2) is 30.5 Å². The summed E-state index contributed by atoms with van der Waals surface area (Å²) in [4.78, 5) is 10.8. The lowest BCUT2D eigenvalue weighted by atomic mass is 10.2. The van der Waals surface area contributed by atoms with E-state index in [9.17, 15) is 4.79 Å². The molecule has 94 valence electrons. The van der Waals surface area contributed by atoms with E-state index < -0.39 is 5.97 Å². The topological polar surface area (TPSA) is 128 Å². The van der Waals surface area contributed by atoms with E-state index in [-0.39, 0.29) is 17.0 Å². The third-order valence-corrected chi connectivity index (χ3v) is 2.20. The first-order valence-corrected chi connectivity index (χ1v) is 5.14. The monoisotopic (exact) mass is 256 g/mol. The minimum atomic E-state index is -1.02. The van der Waals surface area contributed by atoms with Gasteiger partial charge in [-0.1, -0.05) is 6.07 Å². The lowest BCUT2D eigenvalue weighted by molar-refractivity contribution is 0.0697. The minimum absolute atomic E-state index is 0.150. The van der Waals surface area contributed by atoms with E-state index in [1.54, 1.807) is 12.1 Å². The maximum atomic E-state index is 10.8. The molecule has 2 rings (SSSR count). The van der Waals surface area contributed by atoms with Gasteiger partial charge >= 0.3 is 5.97 Å². The van der Waals surface area contributed by atoms with Gasteiger partial charge in [-0.3, -0.25) is 0 Å². The molecule has 0 unspecified atom stereocenters. The molecule has 0 spiro atoms. The van der Waals surface area contributed by atoms with Crippen molar-refractivity contribution in [2.75, 3.05) is 5.32 Å². The summed E-state index contributed by atoms with van der Waals surface area (Å²) in [7, 11) is 0. The molecule has 3 N–H and O–H groups in total. The van der Waals surface area contributed by atoms with Crippen LogP contribution in [0.5, 0.6) is 0 Å². The molecule has 2 aromatic rings. The minimum Gasteiger partial charge on any atom is -0.478 e. The highest BCUT2D eigenvalue weighted by atomic mass is 16.4. The molecule has 0 saturated carbocycles. The first kappa shape index (κ1) is 12.3. The van der Waals surface area contributed by atoms with Crippen molar-refractivity contribution in [1.82, 2.24) is 20.6 Å². The first-order chi connectivity index (χ1) is 9.20. The zero-order valence-electron chi connectivity index (χ0n) is 9.53. The van der Waals surface area contributed by atoms with Crippen LogP contribution in [0.3, 0.4) is 0 Å². The standard InChI is InChI=1S/C11H8N6O2/c12-5-8(10-14-16-17-15-10)6-13-9-3-1-2-7(4-9)11(18)19/h1-4,6,13H,(H,18,19)(H,14,15,16,17). The number of carbonyl (C=O) groups is 1. The van der Waals surface area contributed by atoms with Gasteiger partial charge in [-0.2, -0.15) is 10.5 Å². The fourth-order valence-corrected chi connectivity index (χ4v) is 1.32. The number of carboxylic acids is 1. The molecule has 0 fully saturated rings. The van der Waals surface area contributed by atoms with Crippen LogP contribution in [0.4, 0.5) is 5.69 Å². The van der Waals surface area contributed by atoms with E-state index in [0.29, 0.717) is 5.69 Å². The summed E-state index contributed by atoms with van der Waals surface area (Å²) in [6.07, 6.45) is 1.38. The van der Waals surface area contributed by atoms with Crippen molar-refractivity contribution in [2.24, 2.45) is 0 Å². The molecule has 0 radical (unpaired) electrons. The SMILES string of the molecule is N#CC(=CNc1cccc(C(=O)O)c1)c1nn[nH]n1. The molecule has 0 atom stereocenters. The average Bonchev–Trinajstić information content (AvgIpc) is 2.94. The van der Waals surface area contributed by atoms with E-state index in [4.69, 9.17) is 10.4 Å². The van der Waals surface area contributed by atoms with Gasteiger partial charge in [0.1, 0.15) is 11.6 Å². The summed E-state index contributed by atoms with van der Waals surface area (Å²) in [5, 5.41) is 33.5. The lowest BCUT2D eigenvalue weighted by Crippen LogP contribution is -1.98. The Morgan fingerprint density at radius 1 is 1.53 bits per heavy atom. The number of hydrogen-bond donors (Lipinski definition) is 3. The Labute approximate surface area is 107 Å². The van der Waals surface area contributed by atoms with E-state index in [1.807, 2.05) is 6.07 Å². The Balaban J connectivity index is 2.20. The number of hydrogen-bond acceptors (Lipinski definition) is 6.